The smallest absolute Gasteiger partial charge is 0.238 e. The van der Waals surface area contributed by atoms with Crippen LogP contribution in [0.25, 0.3) is 0 Å². The van der Waals surface area contributed by atoms with Gasteiger partial charge in [0.2, 0.25) is 5.91 Å². The lowest BCUT2D eigenvalue weighted by molar-refractivity contribution is -0.130. The quantitative estimate of drug-likeness (QED) is 0.850. The zero-order chi connectivity index (χ0) is 14.8. The van der Waals surface area contributed by atoms with Gasteiger partial charge in [-0.25, -0.2) is 8.78 Å². The molecule has 2 aliphatic rings. The number of nitrogens with one attached hydrogen (secondary N) is 1. The van der Waals surface area contributed by atoms with Gasteiger partial charge in [0.05, 0.1) is 6.54 Å². The molecule has 1 unspecified atom stereocenters. The van der Waals surface area contributed by atoms with E-state index in [1.165, 1.54) is 18.9 Å². The zero-order valence-electron chi connectivity index (χ0n) is 11.9. The van der Waals surface area contributed by atoms with Gasteiger partial charge in [0.15, 0.2) is 11.6 Å². The van der Waals surface area contributed by atoms with Crippen LogP contribution in [0.5, 0.6) is 0 Å². The summed E-state index contributed by atoms with van der Waals surface area (Å²) >= 11 is 0. The molecule has 1 aliphatic carbocycles. The first-order valence-corrected chi connectivity index (χ1v) is 7.66. The van der Waals surface area contributed by atoms with E-state index in [1.54, 1.807) is 6.07 Å². The molecule has 1 saturated carbocycles. The van der Waals surface area contributed by atoms with Crippen LogP contribution in [0.1, 0.15) is 50.3 Å². The molecule has 5 heteroatoms. The molecule has 1 saturated heterocycles. The van der Waals surface area contributed by atoms with E-state index in [9.17, 15) is 13.6 Å². The van der Waals surface area contributed by atoms with E-state index in [1.807, 2.05) is 4.90 Å². The summed E-state index contributed by atoms with van der Waals surface area (Å²) in [5, 5.41) is 3.12. The van der Waals surface area contributed by atoms with Crippen LogP contribution >= 0.6 is 0 Å². The van der Waals surface area contributed by atoms with Crippen molar-refractivity contribution in [2.75, 3.05) is 6.54 Å². The maximum absolute atomic E-state index is 13.5. The number of rotatable bonds is 2. The van der Waals surface area contributed by atoms with Crippen LogP contribution < -0.4 is 5.32 Å². The second-order valence-electron chi connectivity index (χ2n) is 5.90. The molecule has 1 amide bonds. The minimum Gasteiger partial charge on any atom is -0.319 e. The van der Waals surface area contributed by atoms with Gasteiger partial charge in [-0.15, -0.1) is 0 Å². The number of hydrogen-bond donors (Lipinski definition) is 1. The predicted octanol–water partition coefficient (Wildman–Crippen LogP) is 3.12. The molecule has 1 heterocycles. The summed E-state index contributed by atoms with van der Waals surface area (Å²) in [6.45, 7) is 0.264. The molecule has 0 bridgehead atoms. The van der Waals surface area contributed by atoms with Crippen molar-refractivity contribution in [3.63, 3.8) is 0 Å². The number of benzene rings is 1. The highest BCUT2D eigenvalue weighted by Crippen LogP contribution is 2.31. The van der Waals surface area contributed by atoms with Crippen LogP contribution in [0.2, 0.25) is 0 Å². The van der Waals surface area contributed by atoms with Gasteiger partial charge in [0, 0.05) is 6.04 Å². The summed E-state index contributed by atoms with van der Waals surface area (Å²) in [5.74, 6) is -1.67. The van der Waals surface area contributed by atoms with Crippen LogP contribution in [0.15, 0.2) is 18.2 Å². The van der Waals surface area contributed by atoms with E-state index in [-0.39, 0.29) is 24.7 Å². The minimum absolute atomic E-state index is 0.0524. The molecule has 1 N–H and O–H groups in total. The van der Waals surface area contributed by atoms with Gasteiger partial charge in [-0.05, 0) is 30.5 Å². The Morgan fingerprint density at radius 3 is 2.43 bits per heavy atom. The first-order chi connectivity index (χ1) is 10.2. The minimum atomic E-state index is -0.866. The van der Waals surface area contributed by atoms with Gasteiger partial charge in [-0.1, -0.05) is 31.7 Å². The molecule has 1 atom stereocenters. The number of carbonyl (C=O) groups is 1. The Bertz CT molecular complexity index is 527. The summed E-state index contributed by atoms with van der Waals surface area (Å²) < 4.78 is 26.5. The van der Waals surface area contributed by atoms with Crippen molar-refractivity contribution in [2.45, 2.75) is 50.7 Å². The van der Waals surface area contributed by atoms with Crippen molar-refractivity contribution < 1.29 is 13.6 Å². The number of carbonyl (C=O) groups excluding carboxylic acids is 1. The highest BCUT2D eigenvalue weighted by atomic mass is 19.2. The fourth-order valence-electron chi connectivity index (χ4n) is 3.43. The fraction of sp³-hybridized carbons (Fsp3) is 0.562. The maximum Gasteiger partial charge on any atom is 0.238 e. The van der Waals surface area contributed by atoms with E-state index >= 15 is 0 Å². The molecule has 0 aromatic heterocycles. The number of nitrogens with zero attached hydrogens (tertiary/aromatic N) is 1. The summed E-state index contributed by atoms with van der Waals surface area (Å²) in [5.41, 5.74) is 0.615. The molecule has 3 nitrogen and oxygen atoms in total. The van der Waals surface area contributed by atoms with Crippen molar-refractivity contribution in [1.29, 1.82) is 0 Å². The molecule has 1 aromatic carbocycles. The van der Waals surface area contributed by atoms with Crippen LogP contribution in [0, 0.1) is 11.6 Å². The summed E-state index contributed by atoms with van der Waals surface area (Å²) in [6.07, 6.45) is 6.32. The first-order valence-electron chi connectivity index (χ1n) is 7.66. The molecule has 0 spiro atoms. The Balaban J connectivity index is 1.85. The van der Waals surface area contributed by atoms with Crippen molar-refractivity contribution in [1.82, 2.24) is 10.2 Å². The topological polar surface area (TPSA) is 32.3 Å². The molecule has 1 aromatic rings. The molecule has 0 radical (unpaired) electrons. The zero-order valence-corrected chi connectivity index (χ0v) is 11.9. The van der Waals surface area contributed by atoms with E-state index < -0.39 is 11.6 Å². The SMILES string of the molecule is O=C1CNC(c2ccc(F)c(F)c2)N1C1CCCCCC1. The van der Waals surface area contributed by atoms with Crippen molar-refractivity contribution in [2.24, 2.45) is 0 Å². The Morgan fingerprint density at radius 2 is 1.76 bits per heavy atom. The lowest BCUT2D eigenvalue weighted by Gasteiger charge is -2.32. The second kappa shape index (κ2) is 6.10. The van der Waals surface area contributed by atoms with Gasteiger partial charge in [-0.3, -0.25) is 10.1 Å². The first kappa shape index (κ1) is 14.4. The van der Waals surface area contributed by atoms with Gasteiger partial charge < -0.3 is 4.90 Å². The van der Waals surface area contributed by atoms with Gasteiger partial charge in [-0.2, -0.15) is 0 Å². The Kier molecular flexibility index (Phi) is 4.19. The Labute approximate surface area is 123 Å². The molecule has 114 valence electrons. The molecule has 21 heavy (non-hydrogen) atoms. The third-order valence-corrected chi connectivity index (χ3v) is 4.49. The van der Waals surface area contributed by atoms with E-state index in [2.05, 4.69) is 5.32 Å². The third kappa shape index (κ3) is 2.93. The van der Waals surface area contributed by atoms with E-state index in [0.29, 0.717) is 5.56 Å². The molecular weight excluding hydrogens is 274 g/mol. The largest absolute Gasteiger partial charge is 0.319 e. The van der Waals surface area contributed by atoms with Gasteiger partial charge in [0.1, 0.15) is 6.17 Å². The average Bonchev–Trinajstić information content (AvgIpc) is 2.69. The maximum atomic E-state index is 13.5. The van der Waals surface area contributed by atoms with Gasteiger partial charge >= 0.3 is 0 Å². The number of amides is 1. The fourth-order valence-corrected chi connectivity index (χ4v) is 3.43. The van der Waals surface area contributed by atoms with Crippen molar-refractivity contribution in [3.05, 3.63) is 35.4 Å². The van der Waals surface area contributed by atoms with E-state index in [4.69, 9.17) is 0 Å². The lowest BCUT2D eigenvalue weighted by atomic mass is 10.0. The molecule has 3 rings (SSSR count). The molecule has 1 aliphatic heterocycles. The standard InChI is InChI=1S/C16H20F2N2O/c17-13-8-7-11(9-14(13)18)16-19-10-15(21)20(16)12-5-3-1-2-4-6-12/h7-9,12,16,19H,1-6,10H2. The number of halogens is 2. The van der Waals surface area contributed by atoms with Crippen molar-refractivity contribution >= 4 is 5.91 Å². The monoisotopic (exact) mass is 294 g/mol. The summed E-state index contributed by atoms with van der Waals surface area (Å²) in [4.78, 5) is 14.1. The highest BCUT2D eigenvalue weighted by molar-refractivity contribution is 5.81. The van der Waals surface area contributed by atoms with Crippen LogP contribution in [0.4, 0.5) is 8.78 Å². The van der Waals surface area contributed by atoms with Crippen LogP contribution in [-0.2, 0) is 4.79 Å². The molecular formula is C16H20F2N2O. The summed E-state index contributed by atoms with van der Waals surface area (Å²) in [6, 6.07) is 4.07. The van der Waals surface area contributed by atoms with Gasteiger partial charge in [0.25, 0.3) is 0 Å². The highest BCUT2D eigenvalue weighted by Gasteiger charge is 2.36. The Morgan fingerprint density at radius 1 is 1.05 bits per heavy atom. The third-order valence-electron chi connectivity index (χ3n) is 4.49. The summed E-state index contributed by atoms with van der Waals surface area (Å²) in [7, 11) is 0. The Hall–Kier alpha value is -1.49. The lowest BCUT2D eigenvalue weighted by Crippen LogP contribution is -2.39. The van der Waals surface area contributed by atoms with E-state index in [0.717, 1.165) is 31.7 Å². The normalized spacial score (nSPS) is 24.4. The van der Waals surface area contributed by atoms with Crippen LogP contribution in [-0.4, -0.2) is 23.4 Å². The predicted molar refractivity (Wildman–Crippen MR) is 75.4 cm³/mol. The second-order valence-corrected chi connectivity index (χ2v) is 5.90. The number of hydrogen-bond acceptors (Lipinski definition) is 2. The average molecular weight is 294 g/mol. The van der Waals surface area contributed by atoms with Crippen LogP contribution in [0.3, 0.4) is 0 Å². The van der Waals surface area contributed by atoms with Crippen molar-refractivity contribution in [3.8, 4) is 0 Å². The molecule has 2 fully saturated rings.